The van der Waals surface area contributed by atoms with Crippen molar-refractivity contribution in [1.29, 1.82) is 0 Å². The summed E-state index contributed by atoms with van der Waals surface area (Å²) in [6.07, 6.45) is 2.96. The highest BCUT2D eigenvalue weighted by Gasteiger charge is 2.19. The van der Waals surface area contributed by atoms with Gasteiger partial charge in [0, 0.05) is 18.5 Å². The summed E-state index contributed by atoms with van der Waals surface area (Å²) in [5, 5.41) is 33.8. The number of aromatic nitrogens is 6. The van der Waals surface area contributed by atoms with E-state index >= 15 is 0 Å². The van der Waals surface area contributed by atoms with Gasteiger partial charge in [0.25, 0.3) is 0 Å². The zero-order chi connectivity index (χ0) is 30.9. The number of nitrogens with zero attached hydrogens (tertiary/aromatic N) is 5. The molecule has 0 fully saturated rings. The number of rotatable bonds is 13. The average molecular weight is 617 g/mol. The Hall–Kier alpha value is -4.90. The van der Waals surface area contributed by atoms with Crippen LogP contribution in [0.3, 0.4) is 0 Å². The van der Waals surface area contributed by atoms with Crippen molar-refractivity contribution in [3.63, 3.8) is 0 Å². The van der Waals surface area contributed by atoms with Crippen LogP contribution in [0.1, 0.15) is 48.8 Å². The number of hydrogen-bond acceptors (Lipinski definition) is 9. The minimum absolute atomic E-state index is 0.0845. The lowest BCUT2D eigenvalue weighted by Crippen LogP contribution is -2.13. The predicted octanol–water partition coefficient (Wildman–Crippen LogP) is 6.47. The fourth-order valence-corrected chi connectivity index (χ4v) is 5.11. The predicted molar refractivity (Wildman–Crippen MR) is 164 cm³/mol. The maximum atomic E-state index is 12.4. The number of phenolic OH excluding ortho intramolecular Hbond substituents is 2. The minimum atomic E-state index is -0.804. The minimum Gasteiger partial charge on any atom is -0.504 e. The quantitative estimate of drug-likeness (QED) is 0.0768. The molecule has 11 nitrogen and oxygen atoms in total. The van der Waals surface area contributed by atoms with Crippen molar-refractivity contribution >= 4 is 17.8 Å². The number of tetrazole rings is 1. The number of carbonyl (C=O) groups excluding carboxylic acids is 1. The van der Waals surface area contributed by atoms with E-state index < -0.39 is 6.16 Å². The summed E-state index contributed by atoms with van der Waals surface area (Å²) in [6.45, 7) is 2.67. The Bertz CT molecular complexity index is 1690. The Morgan fingerprint density at radius 2 is 1.70 bits per heavy atom. The molecule has 228 valence electrons. The Morgan fingerprint density at radius 3 is 2.43 bits per heavy atom. The van der Waals surface area contributed by atoms with E-state index in [-0.39, 0.29) is 24.7 Å². The van der Waals surface area contributed by atoms with Crippen LogP contribution < -0.4 is 0 Å². The van der Waals surface area contributed by atoms with Gasteiger partial charge in [0.05, 0.1) is 12.3 Å². The normalized spacial score (nSPS) is 11.0. The second-order valence-corrected chi connectivity index (χ2v) is 10.6. The first-order chi connectivity index (χ1) is 21.4. The van der Waals surface area contributed by atoms with Crippen LogP contribution in [0.4, 0.5) is 4.79 Å². The molecule has 0 aliphatic carbocycles. The van der Waals surface area contributed by atoms with Crippen molar-refractivity contribution in [3.05, 3.63) is 94.5 Å². The Balaban J connectivity index is 1.24. The number of aromatic hydroxyl groups is 2. The summed E-state index contributed by atoms with van der Waals surface area (Å²) in [7, 11) is 0. The fourth-order valence-electron chi connectivity index (χ4n) is 4.86. The Kier molecular flexibility index (Phi) is 10.1. The van der Waals surface area contributed by atoms with Crippen molar-refractivity contribution < 1.29 is 24.5 Å². The molecule has 0 aliphatic rings. The molecule has 0 atom stereocenters. The highest BCUT2D eigenvalue weighted by Crippen LogP contribution is 2.30. The summed E-state index contributed by atoms with van der Waals surface area (Å²) >= 11 is 6.55. The number of aryl methyl sites for hydroxylation is 2. The second-order valence-electron chi connectivity index (χ2n) is 10.2. The van der Waals surface area contributed by atoms with Crippen LogP contribution in [0.15, 0.2) is 66.7 Å². The first-order valence-electron chi connectivity index (χ1n) is 14.4. The SMILES string of the molecule is CCCCc1nc(Cl)c(COC(=O)OCCCc2ccc(O)c(O)c2)n1Cc1ccc(-c2ccccc2-c2nn[nH]n2)cc1. The molecule has 3 N–H and O–H groups in total. The molecule has 5 rings (SSSR count). The molecule has 0 aliphatic heterocycles. The maximum Gasteiger partial charge on any atom is 0.508 e. The van der Waals surface area contributed by atoms with Gasteiger partial charge >= 0.3 is 6.16 Å². The largest absolute Gasteiger partial charge is 0.508 e. The van der Waals surface area contributed by atoms with Gasteiger partial charge in [-0.1, -0.05) is 79.5 Å². The van der Waals surface area contributed by atoms with Gasteiger partial charge in [-0.2, -0.15) is 5.21 Å². The van der Waals surface area contributed by atoms with Gasteiger partial charge in [0.2, 0.25) is 5.82 Å². The molecule has 12 heteroatoms. The van der Waals surface area contributed by atoms with Crippen LogP contribution in [0.25, 0.3) is 22.5 Å². The molecule has 5 aromatic rings. The lowest BCUT2D eigenvalue weighted by Gasteiger charge is -2.14. The highest BCUT2D eigenvalue weighted by molar-refractivity contribution is 6.30. The summed E-state index contributed by atoms with van der Waals surface area (Å²) in [6, 6.07) is 20.7. The Morgan fingerprint density at radius 1 is 0.932 bits per heavy atom. The number of nitrogens with one attached hydrogen (secondary N) is 1. The average Bonchev–Trinajstić information content (AvgIpc) is 3.67. The Labute approximate surface area is 259 Å². The van der Waals surface area contributed by atoms with Crippen molar-refractivity contribution in [2.75, 3.05) is 6.61 Å². The third-order valence-corrected chi connectivity index (χ3v) is 7.47. The van der Waals surface area contributed by atoms with E-state index in [0.29, 0.717) is 36.1 Å². The van der Waals surface area contributed by atoms with Crippen LogP contribution in [-0.2, 0) is 35.5 Å². The number of imidazole rings is 1. The van der Waals surface area contributed by atoms with Crippen LogP contribution >= 0.6 is 11.6 Å². The van der Waals surface area contributed by atoms with Crippen LogP contribution in [-0.4, -0.2) is 53.2 Å². The smallest absolute Gasteiger partial charge is 0.504 e. The van der Waals surface area contributed by atoms with E-state index in [1.54, 1.807) is 6.07 Å². The van der Waals surface area contributed by atoms with Crippen LogP contribution in [0, 0.1) is 0 Å². The number of halogens is 1. The molecular formula is C32H33ClN6O5. The highest BCUT2D eigenvalue weighted by atomic mass is 35.5. The number of benzene rings is 3. The van der Waals surface area contributed by atoms with Gasteiger partial charge in [0.15, 0.2) is 16.7 Å². The van der Waals surface area contributed by atoms with E-state index in [4.69, 9.17) is 21.1 Å². The van der Waals surface area contributed by atoms with Gasteiger partial charge in [-0.25, -0.2) is 9.78 Å². The fraction of sp³-hybridized carbons (Fsp3) is 0.281. The van der Waals surface area contributed by atoms with E-state index in [1.807, 2.05) is 53.1 Å². The lowest BCUT2D eigenvalue weighted by atomic mass is 9.98. The summed E-state index contributed by atoms with van der Waals surface area (Å²) in [5.41, 5.74) is 5.32. The number of carbonyl (C=O) groups is 1. The lowest BCUT2D eigenvalue weighted by molar-refractivity contribution is 0.0477. The van der Waals surface area contributed by atoms with Gasteiger partial charge in [-0.05, 0) is 58.9 Å². The molecule has 2 heterocycles. The molecule has 0 radical (unpaired) electrons. The van der Waals surface area contributed by atoms with Crippen molar-refractivity contribution in [3.8, 4) is 34.0 Å². The number of H-pyrrole nitrogens is 1. The second kappa shape index (κ2) is 14.5. The number of phenols is 2. The number of unbranched alkanes of at least 4 members (excludes halogenated alkanes) is 1. The topological polar surface area (TPSA) is 148 Å². The van der Waals surface area contributed by atoms with Crippen LogP contribution in [0.5, 0.6) is 11.5 Å². The molecule has 0 unspecified atom stereocenters. The molecule has 0 bridgehead atoms. The van der Waals surface area contributed by atoms with Crippen molar-refractivity contribution in [2.24, 2.45) is 0 Å². The summed E-state index contributed by atoms with van der Waals surface area (Å²) < 4.78 is 12.7. The third kappa shape index (κ3) is 7.54. The molecule has 0 saturated carbocycles. The molecule has 2 aromatic heterocycles. The van der Waals surface area contributed by atoms with Gasteiger partial charge in [-0.15, -0.1) is 10.2 Å². The van der Waals surface area contributed by atoms with Gasteiger partial charge < -0.3 is 24.3 Å². The first kappa shape index (κ1) is 30.6. The summed E-state index contributed by atoms with van der Waals surface area (Å²) in [4.78, 5) is 17.0. The molecule has 44 heavy (non-hydrogen) atoms. The number of aromatic amines is 1. The monoisotopic (exact) mass is 616 g/mol. The van der Waals surface area contributed by atoms with E-state index in [1.165, 1.54) is 12.1 Å². The zero-order valence-corrected chi connectivity index (χ0v) is 25.0. The van der Waals surface area contributed by atoms with Crippen molar-refractivity contribution in [2.45, 2.75) is 52.2 Å². The summed E-state index contributed by atoms with van der Waals surface area (Å²) in [5.74, 6) is 0.993. The van der Waals surface area contributed by atoms with Crippen LogP contribution in [0.2, 0.25) is 5.15 Å². The molecule has 0 spiro atoms. The third-order valence-electron chi connectivity index (χ3n) is 7.17. The zero-order valence-electron chi connectivity index (χ0n) is 24.2. The van der Waals surface area contributed by atoms with E-state index in [0.717, 1.165) is 52.9 Å². The van der Waals surface area contributed by atoms with Crippen molar-refractivity contribution in [1.82, 2.24) is 30.2 Å². The van der Waals surface area contributed by atoms with Gasteiger partial charge in [-0.3, -0.25) is 0 Å². The molecule has 0 saturated heterocycles. The molecular weight excluding hydrogens is 584 g/mol. The standard InChI is InChI=1S/C32H33ClN6O5/c1-2-3-10-29-34-30(33)26(20-44-32(42)43-17-6-7-21-13-16-27(40)28(41)18-21)39(29)19-22-11-14-23(15-12-22)24-8-4-5-9-25(24)31-35-37-38-36-31/h4-5,8-9,11-16,18,40-41H,2-3,6-7,10,17,19-20H2,1H3,(H,35,36,37,38). The molecule has 0 amide bonds. The van der Waals surface area contributed by atoms with E-state index in [2.05, 4.69) is 32.5 Å². The first-order valence-corrected chi connectivity index (χ1v) is 14.8. The molecule has 3 aromatic carbocycles. The maximum absolute atomic E-state index is 12.4. The van der Waals surface area contributed by atoms with E-state index in [9.17, 15) is 15.0 Å². The number of ether oxygens (including phenoxy) is 2. The number of hydrogen-bond donors (Lipinski definition) is 3. The van der Waals surface area contributed by atoms with Gasteiger partial charge in [0.1, 0.15) is 12.4 Å².